The third kappa shape index (κ3) is 6.89. The molecule has 3 aliphatic rings. The summed E-state index contributed by atoms with van der Waals surface area (Å²) in [5.74, 6) is -4.34. The number of rotatable bonds is 12. The molecule has 0 aliphatic carbocycles. The van der Waals surface area contributed by atoms with Crippen LogP contribution in [-0.4, -0.2) is 66.3 Å². The number of anilines is 1. The minimum absolute atomic E-state index is 0.0750. The van der Waals surface area contributed by atoms with Crippen molar-refractivity contribution in [1.29, 1.82) is 0 Å². The Bertz CT molecular complexity index is 1170. The highest BCUT2D eigenvalue weighted by atomic mass is 19.3. The Morgan fingerprint density at radius 1 is 1.25 bits per heavy atom. The quantitative estimate of drug-likeness (QED) is 0.332. The predicted octanol–water partition coefficient (Wildman–Crippen LogP) is 5.49. The van der Waals surface area contributed by atoms with E-state index >= 15 is 8.78 Å². The summed E-state index contributed by atoms with van der Waals surface area (Å²) in [7, 11) is 0. The molecule has 2 saturated heterocycles. The number of carbonyl (C=O) groups is 1. The number of likely N-dealkylation sites (tertiary alicyclic amines) is 1. The molecule has 5 rings (SSSR count). The first-order chi connectivity index (χ1) is 19.3. The van der Waals surface area contributed by atoms with E-state index < -0.39 is 29.7 Å². The molecule has 10 heteroatoms. The number of pyridine rings is 1. The number of nitrogens with zero attached hydrogens (tertiary/aromatic N) is 2. The maximum absolute atomic E-state index is 15.3. The number of nitrogens with one attached hydrogen (secondary N) is 1. The van der Waals surface area contributed by atoms with Crippen LogP contribution in [0, 0.1) is 17.7 Å². The number of carboxylic acid groups (broad SMARTS) is 1. The molecular formula is C30H38F3N3O4. The molecule has 1 aromatic carbocycles. The van der Waals surface area contributed by atoms with Gasteiger partial charge in [0.25, 0.3) is 5.92 Å². The summed E-state index contributed by atoms with van der Waals surface area (Å²) in [5, 5.41) is 13.4. The Morgan fingerprint density at radius 2 is 2.12 bits per heavy atom. The first-order valence-electron chi connectivity index (χ1n) is 14.4. The average Bonchev–Trinajstić information content (AvgIpc) is 3.64. The van der Waals surface area contributed by atoms with Crippen molar-refractivity contribution in [2.75, 3.05) is 44.8 Å². The normalized spacial score (nSPS) is 22.1. The lowest BCUT2D eigenvalue weighted by molar-refractivity contribution is -0.143. The van der Waals surface area contributed by atoms with Gasteiger partial charge >= 0.3 is 5.97 Å². The van der Waals surface area contributed by atoms with Gasteiger partial charge in [-0.15, -0.1) is 0 Å². The van der Waals surface area contributed by atoms with Crippen LogP contribution < -0.4 is 10.1 Å². The van der Waals surface area contributed by atoms with Gasteiger partial charge in [-0.25, -0.2) is 18.2 Å². The van der Waals surface area contributed by atoms with Gasteiger partial charge in [-0.1, -0.05) is 6.07 Å². The molecule has 0 bridgehead atoms. The number of unbranched alkanes of at least 4 members (excludes halogenated alkanes) is 1. The molecule has 218 valence electrons. The molecule has 3 atom stereocenters. The summed E-state index contributed by atoms with van der Waals surface area (Å²) < 4.78 is 56.0. The van der Waals surface area contributed by atoms with E-state index in [9.17, 15) is 14.3 Å². The Balaban J connectivity index is 1.17. The van der Waals surface area contributed by atoms with Crippen LogP contribution in [0.25, 0.3) is 0 Å². The van der Waals surface area contributed by atoms with E-state index in [1.807, 2.05) is 6.07 Å². The lowest BCUT2D eigenvalue weighted by atomic mass is 9.95. The third-order valence-electron chi connectivity index (χ3n) is 8.33. The van der Waals surface area contributed by atoms with Crippen LogP contribution in [-0.2, 0) is 22.4 Å². The second-order valence-electron chi connectivity index (χ2n) is 11.3. The molecule has 0 spiro atoms. The number of ether oxygens (including phenoxy) is 2. The second-order valence-corrected chi connectivity index (χ2v) is 11.3. The number of carboxylic acids is 1. The summed E-state index contributed by atoms with van der Waals surface area (Å²) in [6, 6.07) is 6.58. The average molecular weight is 562 g/mol. The van der Waals surface area contributed by atoms with Crippen molar-refractivity contribution < 1.29 is 32.5 Å². The van der Waals surface area contributed by atoms with Gasteiger partial charge in [0.05, 0.1) is 13.2 Å². The minimum atomic E-state index is -2.92. The zero-order valence-electron chi connectivity index (χ0n) is 22.7. The minimum Gasteiger partial charge on any atom is -0.493 e. The highest BCUT2D eigenvalue weighted by Gasteiger charge is 2.46. The van der Waals surface area contributed by atoms with Gasteiger partial charge in [0, 0.05) is 49.2 Å². The fourth-order valence-electron chi connectivity index (χ4n) is 6.02. The van der Waals surface area contributed by atoms with Gasteiger partial charge < -0.3 is 19.9 Å². The van der Waals surface area contributed by atoms with Gasteiger partial charge in [-0.2, -0.15) is 0 Å². The molecule has 40 heavy (non-hydrogen) atoms. The molecule has 3 aliphatic heterocycles. The molecular weight excluding hydrogens is 523 g/mol. The van der Waals surface area contributed by atoms with Crippen LogP contribution in [0.4, 0.5) is 19.0 Å². The Morgan fingerprint density at radius 3 is 2.92 bits per heavy atom. The molecule has 0 radical (unpaired) electrons. The molecule has 4 heterocycles. The summed E-state index contributed by atoms with van der Waals surface area (Å²) in [4.78, 5) is 18.5. The van der Waals surface area contributed by atoms with Gasteiger partial charge in [0.15, 0.2) is 0 Å². The highest BCUT2D eigenvalue weighted by Crippen LogP contribution is 2.41. The predicted molar refractivity (Wildman–Crippen MR) is 144 cm³/mol. The van der Waals surface area contributed by atoms with Crippen LogP contribution in [0.5, 0.6) is 5.75 Å². The maximum Gasteiger partial charge on any atom is 0.325 e. The van der Waals surface area contributed by atoms with E-state index in [0.717, 1.165) is 43.4 Å². The molecule has 0 amide bonds. The van der Waals surface area contributed by atoms with E-state index in [4.69, 9.17) is 9.47 Å². The second kappa shape index (κ2) is 12.8. The third-order valence-corrected chi connectivity index (χ3v) is 8.33. The number of alkyl halides is 2. The standard InChI is InChI=1S/C30H38F3N3O4/c31-23-7-9-26(40-19-20-11-15-39-18-20)25(16-23)27(29(37)38)36-14-10-22(17-36)30(32,33)12-2-1-5-24-8-6-21-4-3-13-34-28(21)35-24/h6-9,16,20,22,27H,1-5,10-15,17-19H2,(H,34,35)(H,37,38)/t20-,22?,27?/m0/s1. The number of halogens is 3. The van der Waals surface area contributed by atoms with Gasteiger partial charge in [0.1, 0.15) is 23.4 Å². The Hall–Kier alpha value is -2.85. The Labute approximate surface area is 233 Å². The van der Waals surface area contributed by atoms with Crippen LogP contribution in [0.2, 0.25) is 0 Å². The molecule has 2 unspecified atom stereocenters. The summed E-state index contributed by atoms with van der Waals surface area (Å²) >= 11 is 0. The molecule has 0 saturated carbocycles. The number of fused-ring (bicyclic) bond motifs is 1. The van der Waals surface area contributed by atoms with E-state index in [1.54, 1.807) is 0 Å². The number of hydrogen-bond acceptors (Lipinski definition) is 6. The van der Waals surface area contributed by atoms with E-state index in [2.05, 4.69) is 16.4 Å². The summed E-state index contributed by atoms with van der Waals surface area (Å²) in [6.07, 6.45) is 4.44. The van der Waals surface area contributed by atoms with Gasteiger partial charge in [-0.05, 0) is 81.3 Å². The van der Waals surface area contributed by atoms with Crippen LogP contribution in [0.3, 0.4) is 0 Å². The number of aryl methyl sites for hydroxylation is 2. The van der Waals surface area contributed by atoms with Crippen LogP contribution in [0.1, 0.15) is 61.4 Å². The largest absolute Gasteiger partial charge is 0.493 e. The first-order valence-corrected chi connectivity index (χ1v) is 14.4. The van der Waals surface area contributed by atoms with Crippen molar-refractivity contribution in [2.45, 2.75) is 63.3 Å². The molecule has 2 aromatic rings. The highest BCUT2D eigenvalue weighted by molar-refractivity contribution is 5.77. The van der Waals surface area contributed by atoms with Crippen molar-refractivity contribution in [3.8, 4) is 5.75 Å². The van der Waals surface area contributed by atoms with Gasteiger partial charge in [0.2, 0.25) is 0 Å². The SMILES string of the molecule is O=C(O)C(c1cc(F)ccc1OC[C@H]1CCOC1)N1CCC(C(F)(F)CCCCc2ccc3c(n2)NCCC3)C1. The molecule has 2 fully saturated rings. The van der Waals surface area contributed by atoms with Crippen molar-refractivity contribution in [1.82, 2.24) is 9.88 Å². The summed E-state index contributed by atoms with van der Waals surface area (Å²) in [6.45, 7) is 2.55. The lowest BCUT2D eigenvalue weighted by Gasteiger charge is -2.28. The zero-order chi connectivity index (χ0) is 28.1. The topological polar surface area (TPSA) is 83.9 Å². The molecule has 2 N–H and O–H groups in total. The molecule has 7 nitrogen and oxygen atoms in total. The number of aliphatic carboxylic acids is 1. The van der Waals surface area contributed by atoms with E-state index in [-0.39, 0.29) is 43.2 Å². The number of benzene rings is 1. The molecule has 1 aromatic heterocycles. The van der Waals surface area contributed by atoms with Crippen LogP contribution in [0.15, 0.2) is 30.3 Å². The van der Waals surface area contributed by atoms with Crippen molar-refractivity contribution in [2.24, 2.45) is 11.8 Å². The van der Waals surface area contributed by atoms with Crippen LogP contribution >= 0.6 is 0 Å². The lowest BCUT2D eigenvalue weighted by Crippen LogP contribution is -2.36. The number of hydrogen-bond donors (Lipinski definition) is 2. The fraction of sp³-hybridized carbons (Fsp3) is 0.600. The first kappa shape index (κ1) is 28.7. The zero-order valence-corrected chi connectivity index (χ0v) is 22.7. The number of aromatic nitrogens is 1. The monoisotopic (exact) mass is 561 g/mol. The smallest absolute Gasteiger partial charge is 0.325 e. The Kier molecular flexibility index (Phi) is 9.15. The van der Waals surface area contributed by atoms with Crippen molar-refractivity contribution >= 4 is 11.8 Å². The van der Waals surface area contributed by atoms with Crippen molar-refractivity contribution in [3.05, 3.63) is 53.0 Å². The van der Waals surface area contributed by atoms with E-state index in [1.165, 1.54) is 22.6 Å². The van der Waals surface area contributed by atoms with Gasteiger partial charge in [-0.3, -0.25) is 9.69 Å². The van der Waals surface area contributed by atoms with E-state index in [0.29, 0.717) is 39.1 Å². The van der Waals surface area contributed by atoms with Crippen molar-refractivity contribution in [3.63, 3.8) is 0 Å². The maximum atomic E-state index is 15.3. The fourth-order valence-corrected chi connectivity index (χ4v) is 6.02. The summed E-state index contributed by atoms with van der Waals surface area (Å²) in [5.41, 5.74) is 2.26.